The van der Waals surface area contributed by atoms with Crippen LogP contribution < -0.4 is 0 Å². The minimum Gasteiger partial charge on any atom is -0.770 e. The van der Waals surface area contributed by atoms with E-state index in [1.807, 2.05) is 24.4 Å². The van der Waals surface area contributed by atoms with E-state index in [1.165, 1.54) is 0 Å². The number of hydrogen-bond acceptors (Lipinski definition) is 7. The fourth-order valence-corrected chi connectivity index (χ4v) is 4.14. The van der Waals surface area contributed by atoms with Crippen LogP contribution in [0.25, 0.3) is 22.1 Å². The van der Waals surface area contributed by atoms with Gasteiger partial charge in [-0.1, -0.05) is 0 Å². The van der Waals surface area contributed by atoms with Crippen LogP contribution in [0.1, 0.15) is 24.3 Å². The number of nitriles is 1. The van der Waals surface area contributed by atoms with Crippen molar-refractivity contribution < 1.29 is 8.76 Å². The maximum absolute atomic E-state index is 11.3. The summed E-state index contributed by atoms with van der Waals surface area (Å²) in [5.41, 5.74) is 2.36. The summed E-state index contributed by atoms with van der Waals surface area (Å²) in [6, 6.07) is 5.79. The van der Waals surface area contributed by atoms with E-state index in [0.717, 1.165) is 29.2 Å². The van der Waals surface area contributed by atoms with Crippen LogP contribution >= 0.6 is 0 Å². The van der Waals surface area contributed by atoms with E-state index in [9.17, 15) is 14.0 Å². The second-order valence-corrected chi connectivity index (χ2v) is 7.08. The van der Waals surface area contributed by atoms with E-state index in [2.05, 4.69) is 20.2 Å². The lowest BCUT2D eigenvalue weighted by Crippen LogP contribution is -2.43. The van der Waals surface area contributed by atoms with Crippen molar-refractivity contribution in [2.24, 2.45) is 0 Å². The Kier molecular flexibility index (Phi) is 4.17. The molecule has 8 nitrogen and oxygen atoms in total. The molecule has 1 saturated heterocycles. The number of nitrogens with one attached hydrogen (secondary N) is 1. The van der Waals surface area contributed by atoms with Gasteiger partial charge < -0.3 is 9.54 Å². The Bertz CT molecular complexity index is 997. The van der Waals surface area contributed by atoms with E-state index in [-0.39, 0.29) is 5.92 Å². The molecule has 3 aromatic rings. The summed E-state index contributed by atoms with van der Waals surface area (Å²) in [6.45, 7) is 1.12. The van der Waals surface area contributed by atoms with Gasteiger partial charge in [0.05, 0.1) is 6.07 Å². The topological polar surface area (TPSA) is 122 Å². The molecule has 1 aliphatic rings. The molecule has 1 aliphatic heterocycles. The molecule has 1 N–H and O–H groups in total. The lowest BCUT2D eigenvalue weighted by Gasteiger charge is -2.36. The minimum atomic E-state index is -2.44. The quantitative estimate of drug-likeness (QED) is 0.705. The predicted molar refractivity (Wildman–Crippen MR) is 91.1 cm³/mol. The summed E-state index contributed by atoms with van der Waals surface area (Å²) in [6.07, 6.45) is 5.29. The van der Waals surface area contributed by atoms with Crippen molar-refractivity contribution in [3.05, 3.63) is 30.1 Å². The van der Waals surface area contributed by atoms with Crippen LogP contribution in [-0.4, -0.2) is 52.3 Å². The summed E-state index contributed by atoms with van der Waals surface area (Å²) in [5.74, 6) is 0.118. The maximum Gasteiger partial charge on any atom is 0.182 e. The first kappa shape index (κ1) is 16.1. The van der Waals surface area contributed by atoms with Crippen LogP contribution in [0.15, 0.2) is 24.5 Å². The molecule has 4 rings (SSSR count). The number of likely N-dealkylation sites (tertiary alicyclic amines) is 1. The molecular formula is C16H15N6O2S-. The Hall–Kier alpha value is -2.41. The van der Waals surface area contributed by atoms with Crippen molar-refractivity contribution in [3.63, 3.8) is 0 Å². The normalized spacial score (nSPS) is 21.2. The zero-order valence-corrected chi connectivity index (χ0v) is 14.1. The number of aromatic amines is 1. The molecule has 3 aromatic heterocycles. The van der Waals surface area contributed by atoms with Crippen molar-refractivity contribution in [2.45, 2.75) is 24.1 Å². The first-order valence-electron chi connectivity index (χ1n) is 7.99. The molecule has 0 aromatic carbocycles. The van der Waals surface area contributed by atoms with Crippen LogP contribution in [0.4, 0.5) is 0 Å². The van der Waals surface area contributed by atoms with E-state index < -0.39 is 16.5 Å². The second-order valence-electron chi connectivity index (χ2n) is 6.11. The van der Waals surface area contributed by atoms with Crippen LogP contribution in [0.3, 0.4) is 0 Å². The Labute approximate surface area is 146 Å². The van der Waals surface area contributed by atoms with Gasteiger partial charge in [0, 0.05) is 36.3 Å². The predicted octanol–water partition coefficient (Wildman–Crippen LogP) is 1.41. The molecular weight excluding hydrogens is 340 g/mol. The first-order chi connectivity index (χ1) is 12.2. The van der Waals surface area contributed by atoms with Crippen LogP contribution in [0.5, 0.6) is 0 Å². The number of rotatable bonds is 3. The SMILES string of the molecule is N#CC(N1CCCC(c2cc[nH]c3nnc4nccc4c23)C1)S(=O)[O-]. The lowest BCUT2D eigenvalue weighted by atomic mass is 9.88. The lowest BCUT2D eigenvalue weighted by molar-refractivity contribution is 0.209. The molecule has 4 heterocycles. The standard InChI is InChI=1S/C16H16N6O2S/c17-8-13(25(23)24)22-7-1-2-10(9-22)11-3-5-19-16-14(11)12-4-6-18-15(12)20-21-16/h3-6,10,13H,1-2,7,9H2,(H,19,21)(H,23,24)/p-1. The summed E-state index contributed by atoms with van der Waals surface area (Å²) in [4.78, 5) is 9.05. The number of aromatic nitrogens is 4. The average Bonchev–Trinajstić information content (AvgIpc) is 3.11. The van der Waals surface area contributed by atoms with Gasteiger partial charge in [-0.25, -0.2) is 4.98 Å². The highest BCUT2D eigenvalue weighted by atomic mass is 32.2. The van der Waals surface area contributed by atoms with Crippen LogP contribution in [-0.2, 0) is 11.1 Å². The summed E-state index contributed by atoms with van der Waals surface area (Å²) < 4.78 is 22.7. The van der Waals surface area contributed by atoms with Crippen LogP contribution in [0.2, 0.25) is 0 Å². The Morgan fingerprint density at radius 1 is 1.44 bits per heavy atom. The van der Waals surface area contributed by atoms with Gasteiger partial charge in [0.15, 0.2) is 16.7 Å². The fourth-order valence-electron chi connectivity index (χ4n) is 3.62. The third kappa shape index (κ3) is 2.78. The Balaban J connectivity index is 1.78. The molecule has 25 heavy (non-hydrogen) atoms. The number of hydrogen-bond donors (Lipinski definition) is 1. The fraction of sp³-hybridized carbons (Fsp3) is 0.375. The monoisotopic (exact) mass is 355 g/mol. The van der Waals surface area contributed by atoms with Gasteiger partial charge in [0.1, 0.15) is 0 Å². The zero-order valence-electron chi connectivity index (χ0n) is 13.3. The molecule has 128 valence electrons. The molecule has 0 spiro atoms. The number of pyridine rings is 1. The van der Waals surface area contributed by atoms with Gasteiger partial charge in [-0.2, -0.15) is 5.26 Å². The maximum atomic E-state index is 11.3. The van der Waals surface area contributed by atoms with Crippen LogP contribution in [0, 0.1) is 11.3 Å². The number of H-pyrrole nitrogens is 1. The Morgan fingerprint density at radius 2 is 2.32 bits per heavy atom. The number of nitrogens with zero attached hydrogens (tertiary/aromatic N) is 5. The molecule has 0 bridgehead atoms. The third-order valence-corrected chi connectivity index (χ3v) is 5.49. The summed E-state index contributed by atoms with van der Waals surface area (Å²) in [7, 11) is 0. The molecule has 0 aliphatic carbocycles. The van der Waals surface area contributed by atoms with Gasteiger partial charge in [-0.3, -0.25) is 9.11 Å². The van der Waals surface area contributed by atoms with Crippen molar-refractivity contribution >= 4 is 33.1 Å². The molecule has 0 radical (unpaired) electrons. The highest BCUT2D eigenvalue weighted by molar-refractivity contribution is 7.80. The summed E-state index contributed by atoms with van der Waals surface area (Å²) in [5, 5.41) is 18.3. The van der Waals surface area contributed by atoms with Gasteiger partial charge in [0.25, 0.3) is 0 Å². The largest absolute Gasteiger partial charge is 0.770 e. The average molecular weight is 355 g/mol. The van der Waals surface area contributed by atoms with Crippen molar-refractivity contribution in [1.29, 1.82) is 5.26 Å². The van der Waals surface area contributed by atoms with Gasteiger partial charge in [0.2, 0.25) is 0 Å². The van der Waals surface area contributed by atoms with Crippen molar-refractivity contribution in [3.8, 4) is 6.07 Å². The van der Waals surface area contributed by atoms with E-state index in [4.69, 9.17) is 0 Å². The number of piperidine rings is 1. The molecule has 3 unspecified atom stereocenters. The van der Waals surface area contributed by atoms with Crippen molar-refractivity contribution in [2.75, 3.05) is 13.1 Å². The van der Waals surface area contributed by atoms with Gasteiger partial charge >= 0.3 is 0 Å². The second kappa shape index (κ2) is 6.48. The molecule has 0 saturated carbocycles. The van der Waals surface area contributed by atoms with Crippen molar-refractivity contribution in [1.82, 2.24) is 25.1 Å². The first-order valence-corrected chi connectivity index (χ1v) is 9.13. The van der Waals surface area contributed by atoms with E-state index in [0.29, 0.717) is 24.4 Å². The highest BCUT2D eigenvalue weighted by Gasteiger charge is 2.28. The van der Waals surface area contributed by atoms with Gasteiger partial charge in [-0.15, -0.1) is 10.2 Å². The van der Waals surface area contributed by atoms with E-state index >= 15 is 0 Å². The van der Waals surface area contributed by atoms with Gasteiger partial charge in [-0.05, 0) is 47.5 Å². The minimum absolute atomic E-state index is 0.118. The zero-order chi connectivity index (χ0) is 17.4. The molecule has 9 heteroatoms. The molecule has 3 atom stereocenters. The number of fused-ring (bicyclic) bond motifs is 3. The summed E-state index contributed by atoms with van der Waals surface area (Å²) >= 11 is -2.44. The van der Waals surface area contributed by atoms with E-state index in [1.54, 1.807) is 11.1 Å². The third-order valence-electron chi connectivity index (χ3n) is 4.72. The smallest absolute Gasteiger partial charge is 0.182 e. The Morgan fingerprint density at radius 3 is 3.12 bits per heavy atom. The molecule has 1 fully saturated rings. The highest BCUT2D eigenvalue weighted by Crippen LogP contribution is 2.34. The molecule has 0 amide bonds.